The van der Waals surface area contributed by atoms with Crippen LogP contribution in [0.25, 0.3) is 0 Å². The van der Waals surface area contributed by atoms with Crippen LogP contribution in [-0.4, -0.2) is 24.8 Å². The summed E-state index contributed by atoms with van der Waals surface area (Å²) < 4.78 is 10.3. The predicted molar refractivity (Wildman–Crippen MR) is 33.4 cm³/mol. The number of hydrogen-bond donors (Lipinski definition) is 0. The molecule has 0 aromatic rings. The van der Waals surface area contributed by atoms with E-state index in [-0.39, 0.29) is 11.6 Å². The van der Waals surface area contributed by atoms with Gasteiger partial charge in [-0.05, 0) is 6.92 Å². The van der Waals surface area contributed by atoms with E-state index < -0.39 is 0 Å². The van der Waals surface area contributed by atoms with Crippen molar-refractivity contribution in [3.05, 3.63) is 0 Å². The highest BCUT2D eigenvalue weighted by atomic mass is 16.6. The molecule has 10 heavy (non-hydrogen) atoms. The van der Waals surface area contributed by atoms with Crippen LogP contribution in [0.2, 0.25) is 0 Å². The van der Waals surface area contributed by atoms with Gasteiger partial charge in [0.2, 0.25) is 0 Å². The lowest BCUT2D eigenvalue weighted by atomic mass is 9.93. The predicted octanol–water partition coefficient (Wildman–Crippen LogP) is 0.338. The van der Waals surface area contributed by atoms with E-state index in [1.165, 1.54) is 0 Å². The van der Waals surface area contributed by atoms with Crippen molar-refractivity contribution in [3.8, 4) is 0 Å². The van der Waals surface area contributed by atoms with Gasteiger partial charge in [0.15, 0.2) is 0 Å². The smallest absolute Gasteiger partial charge is 0.306 e. The summed E-state index contributed by atoms with van der Waals surface area (Å²) in [5, 5.41) is 0. The van der Waals surface area contributed by atoms with Crippen LogP contribution in [0.4, 0.5) is 0 Å². The Morgan fingerprint density at radius 3 is 3.20 bits per heavy atom. The number of fused-ring (bicyclic) bond motifs is 1. The van der Waals surface area contributed by atoms with Crippen LogP contribution in [0.3, 0.4) is 0 Å². The van der Waals surface area contributed by atoms with Crippen molar-refractivity contribution in [2.24, 2.45) is 5.92 Å². The van der Waals surface area contributed by atoms with E-state index in [0.29, 0.717) is 25.6 Å². The molecule has 0 spiro atoms. The minimum absolute atomic E-state index is 0.0733. The van der Waals surface area contributed by atoms with Gasteiger partial charge in [0, 0.05) is 5.92 Å². The first-order valence-corrected chi connectivity index (χ1v) is 3.50. The summed E-state index contributed by atoms with van der Waals surface area (Å²) in [5.74, 6) is 0.232. The first kappa shape index (κ1) is 6.16. The van der Waals surface area contributed by atoms with Gasteiger partial charge in [-0.25, -0.2) is 0 Å². The summed E-state index contributed by atoms with van der Waals surface area (Å²) in [6, 6.07) is 0. The number of carbonyl (C=O) groups excluding carboxylic acids is 1. The lowest BCUT2D eigenvalue weighted by Crippen LogP contribution is -2.30. The zero-order valence-electron chi connectivity index (χ0n) is 5.92. The third-order valence-corrected chi connectivity index (χ3v) is 2.33. The topological polar surface area (TPSA) is 35.5 Å². The van der Waals surface area contributed by atoms with Crippen molar-refractivity contribution in [1.29, 1.82) is 0 Å². The van der Waals surface area contributed by atoms with E-state index in [4.69, 9.17) is 9.47 Å². The van der Waals surface area contributed by atoms with Crippen molar-refractivity contribution in [2.75, 3.05) is 13.2 Å². The first-order valence-electron chi connectivity index (χ1n) is 3.50. The van der Waals surface area contributed by atoms with Gasteiger partial charge in [-0.1, -0.05) is 0 Å². The average Bonchev–Trinajstić information content (AvgIpc) is 2.20. The second-order valence-electron chi connectivity index (χ2n) is 3.20. The van der Waals surface area contributed by atoms with Crippen LogP contribution in [0.1, 0.15) is 13.3 Å². The van der Waals surface area contributed by atoms with Gasteiger partial charge in [0.1, 0.15) is 5.60 Å². The molecule has 0 N–H and O–H groups in total. The number of rotatable bonds is 0. The zero-order chi connectivity index (χ0) is 7.19. The van der Waals surface area contributed by atoms with E-state index in [1.54, 1.807) is 0 Å². The largest absolute Gasteiger partial charge is 0.456 e. The maximum atomic E-state index is 10.8. The minimum Gasteiger partial charge on any atom is -0.456 e. The van der Waals surface area contributed by atoms with E-state index in [2.05, 4.69) is 0 Å². The Hall–Kier alpha value is -0.570. The maximum absolute atomic E-state index is 10.8. The molecular formula is C7H10O3. The van der Waals surface area contributed by atoms with Gasteiger partial charge in [-0.2, -0.15) is 0 Å². The van der Waals surface area contributed by atoms with Crippen LogP contribution in [-0.2, 0) is 14.3 Å². The summed E-state index contributed by atoms with van der Waals surface area (Å²) in [7, 11) is 0. The van der Waals surface area contributed by atoms with Crippen LogP contribution in [0.5, 0.6) is 0 Å². The Bertz CT molecular complexity index is 178. The molecule has 0 aliphatic carbocycles. The Labute approximate surface area is 59.3 Å². The van der Waals surface area contributed by atoms with E-state index >= 15 is 0 Å². The molecule has 56 valence electrons. The standard InChI is InChI=1S/C7H10O3/c1-7-4-9-3-5(7)2-6(8)10-7/h5H,2-4H2,1H3. The summed E-state index contributed by atoms with van der Waals surface area (Å²) in [6.07, 6.45) is 0.538. The third-order valence-electron chi connectivity index (χ3n) is 2.33. The molecule has 0 bridgehead atoms. The van der Waals surface area contributed by atoms with Gasteiger partial charge >= 0.3 is 5.97 Å². The lowest BCUT2D eigenvalue weighted by Gasteiger charge is -2.18. The van der Waals surface area contributed by atoms with E-state index in [9.17, 15) is 4.79 Å². The molecule has 2 heterocycles. The molecule has 3 nitrogen and oxygen atoms in total. The molecule has 2 aliphatic rings. The monoisotopic (exact) mass is 142 g/mol. The highest BCUT2D eigenvalue weighted by Crippen LogP contribution is 2.37. The Morgan fingerprint density at radius 1 is 1.70 bits per heavy atom. The van der Waals surface area contributed by atoms with Crippen LogP contribution >= 0.6 is 0 Å². The molecule has 2 unspecified atom stereocenters. The SMILES string of the molecule is CC12COCC1CC(=O)O2. The Balaban J connectivity index is 2.22. The summed E-state index contributed by atoms with van der Waals surface area (Å²) in [6.45, 7) is 3.20. The normalized spacial score (nSPS) is 45.3. The molecule has 0 aromatic carbocycles. The summed E-state index contributed by atoms with van der Waals surface area (Å²) >= 11 is 0. The summed E-state index contributed by atoms with van der Waals surface area (Å²) in [4.78, 5) is 10.8. The third kappa shape index (κ3) is 0.669. The maximum Gasteiger partial charge on any atom is 0.306 e. The van der Waals surface area contributed by atoms with E-state index in [1.807, 2.05) is 6.92 Å². The summed E-state index contributed by atoms with van der Waals surface area (Å²) in [5.41, 5.74) is -0.295. The molecule has 2 fully saturated rings. The van der Waals surface area contributed by atoms with Crippen molar-refractivity contribution in [1.82, 2.24) is 0 Å². The molecule has 3 heteroatoms. The Morgan fingerprint density at radius 2 is 2.50 bits per heavy atom. The van der Waals surface area contributed by atoms with Gasteiger partial charge in [0.25, 0.3) is 0 Å². The molecule has 0 radical (unpaired) electrons. The number of esters is 1. The second-order valence-corrected chi connectivity index (χ2v) is 3.20. The van der Waals surface area contributed by atoms with Crippen LogP contribution in [0.15, 0.2) is 0 Å². The number of carbonyl (C=O) groups is 1. The number of hydrogen-bond acceptors (Lipinski definition) is 3. The molecule has 2 saturated heterocycles. The minimum atomic E-state index is -0.295. The molecule has 2 aliphatic heterocycles. The van der Waals surface area contributed by atoms with Crippen molar-refractivity contribution in [2.45, 2.75) is 18.9 Å². The fraction of sp³-hybridized carbons (Fsp3) is 0.857. The molecular weight excluding hydrogens is 132 g/mol. The molecule has 0 aromatic heterocycles. The van der Waals surface area contributed by atoms with Crippen molar-refractivity contribution in [3.63, 3.8) is 0 Å². The highest BCUT2D eigenvalue weighted by Gasteiger charge is 2.49. The highest BCUT2D eigenvalue weighted by molar-refractivity contribution is 5.73. The van der Waals surface area contributed by atoms with Gasteiger partial charge in [-0.15, -0.1) is 0 Å². The fourth-order valence-corrected chi connectivity index (χ4v) is 1.59. The van der Waals surface area contributed by atoms with Crippen molar-refractivity contribution < 1.29 is 14.3 Å². The number of ether oxygens (including phenoxy) is 2. The lowest BCUT2D eigenvalue weighted by molar-refractivity contribution is -0.148. The molecule has 2 rings (SSSR count). The average molecular weight is 142 g/mol. The van der Waals surface area contributed by atoms with Gasteiger partial charge < -0.3 is 9.47 Å². The zero-order valence-corrected chi connectivity index (χ0v) is 5.92. The Kier molecular flexibility index (Phi) is 1.06. The molecule has 0 amide bonds. The van der Waals surface area contributed by atoms with Crippen LogP contribution < -0.4 is 0 Å². The fourth-order valence-electron chi connectivity index (χ4n) is 1.59. The van der Waals surface area contributed by atoms with Gasteiger partial charge in [-0.3, -0.25) is 4.79 Å². The van der Waals surface area contributed by atoms with Crippen molar-refractivity contribution >= 4 is 5.97 Å². The quantitative estimate of drug-likeness (QED) is 0.457. The van der Waals surface area contributed by atoms with Gasteiger partial charge in [0.05, 0.1) is 19.6 Å². The molecule has 2 atom stereocenters. The second kappa shape index (κ2) is 1.72. The molecule has 0 saturated carbocycles. The van der Waals surface area contributed by atoms with E-state index in [0.717, 1.165) is 0 Å². The van der Waals surface area contributed by atoms with Crippen LogP contribution in [0, 0.1) is 5.92 Å². The first-order chi connectivity index (χ1) is 4.71.